The third-order valence-electron chi connectivity index (χ3n) is 3.77. The molecule has 0 spiro atoms. The van der Waals surface area contributed by atoms with Gasteiger partial charge in [-0.05, 0) is 24.5 Å². The third kappa shape index (κ3) is 2.23. The van der Waals surface area contributed by atoms with Crippen LogP contribution in [-0.4, -0.2) is 45.6 Å². The number of β-amino-alcohol motifs (C(OH)–C–C–N with tert-alkyl or cyclic N) is 1. The summed E-state index contributed by atoms with van der Waals surface area (Å²) in [6.07, 6.45) is 3.43. The van der Waals surface area contributed by atoms with Gasteiger partial charge >= 0.3 is 0 Å². The first-order chi connectivity index (χ1) is 7.53. The fourth-order valence-corrected chi connectivity index (χ4v) is 3.56. The van der Waals surface area contributed by atoms with E-state index in [9.17, 15) is 9.90 Å². The summed E-state index contributed by atoms with van der Waals surface area (Å²) in [5.41, 5.74) is -0.630. The molecule has 0 bridgehead atoms. The van der Waals surface area contributed by atoms with E-state index in [1.807, 2.05) is 18.7 Å². The Kier molecular flexibility index (Phi) is 3.50. The number of hydrogen-bond acceptors (Lipinski definition) is 3. The van der Waals surface area contributed by atoms with Gasteiger partial charge in [0.1, 0.15) is 5.60 Å². The SMILES string of the molecule is CC(C)C1(O)CN(C(=O)C2CCCCS2)C1. The molecule has 3 nitrogen and oxygen atoms in total. The van der Waals surface area contributed by atoms with Crippen molar-refractivity contribution in [2.45, 2.75) is 44.0 Å². The minimum Gasteiger partial charge on any atom is -0.386 e. The van der Waals surface area contributed by atoms with E-state index in [0.717, 1.165) is 12.2 Å². The van der Waals surface area contributed by atoms with Crippen LogP contribution in [-0.2, 0) is 4.79 Å². The standard InChI is InChI=1S/C12H21NO2S/c1-9(2)12(15)7-13(8-12)11(14)10-5-3-4-6-16-10/h9-10,15H,3-8H2,1-2H3. The summed E-state index contributed by atoms with van der Waals surface area (Å²) in [6, 6.07) is 0. The van der Waals surface area contributed by atoms with Gasteiger partial charge in [0.15, 0.2) is 0 Å². The molecular weight excluding hydrogens is 222 g/mol. The van der Waals surface area contributed by atoms with Crippen molar-refractivity contribution in [1.82, 2.24) is 4.90 Å². The summed E-state index contributed by atoms with van der Waals surface area (Å²) < 4.78 is 0. The number of carbonyl (C=O) groups excluding carboxylic acids is 1. The lowest BCUT2D eigenvalue weighted by Crippen LogP contribution is -2.67. The molecule has 1 N–H and O–H groups in total. The van der Waals surface area contributed by atoms with Gasteiger partial charge in [-0.25, -0.2) is 0 Å². The predicted molar refractivity (Wildman–Crippen MR) is 66.5 cm³/mol. The van der Waals surface area contributed by atoms with E-state index >= 15 is 0 Å². The Balaban J connectivity index is 1.84. The van der Waals surface area contributed by atoms with Gasteiger partial charge in [0.25, 0.3) is 0 Å². The zero-order valence-electron chi connectivity index (χ0n) is 10.1. The monoisotopic (exact) mass is 243 g/mol. The first-order valence-corrected chi connectivity index (χ1v) is 7.20. The third-order valence-corrected chi connectivity index (χ3v) is 5.13. The lowest BCUT2D eigenvalue weighted by Gasteiger charge is -2.50. The largest absolute Gasteiger partial charge is 0.386 e. The maximum absolute atomic E-state index is 12.1. The average Bonchev–Trinajstić information content (AvgIpc) is 2.25. The molecule has 0 saturated carbocycles. The first-order valence-electron chi connectivity index (χ1n) is 6.16. The molecule has 1 amide bonds. The van der Waals surface area contributed by atoms with Crippen LogP contribution < -0.4 is 0 Å². The summed E-state index contributed by atoms with van der Waals surface area (Å²) in [4.78, 5) is 13.9. The van der Waals surface area contributed by atoms with Crippen molar-refractivity contribution < 1.29 is 9.90 Å². The number of amides is 1. The fourth-order valence-electron chi connectivity index (χ4n) is 2.27. The van der Waals surface area contributed by atoms with E-state index in [1.54, 1.807) is 11.8 Å². The Morgan fingerprint density at radius 3 is 2.62 bits per heavy atom. The number of hydrogen-bond donors (Lipinski definition) is 1. The molecule has 0 aromatic heterocycles. The zero-order valence-corrected chi connectivity index (χ0v) is 10.9. The highest BCUT2D eigenvalue weighted by atomic mass is 32.2. The van der Waals surface area contributed by atoms with Gasteiger partial charge in [0, 0.05) is 0 Å². The lowest BCUT2D eigenvalue weighted by molar-refractivity contribution is -0.163. The van der Waals surface area contributed by atoms with Gasteiger partial charge in [-0.15, -0.1) is 11.8 Å². The molecule has 0 aliphatic carbocycles. The van der Waals surface area contributed by atoms with Gasteiger partial charge in [-0.1, -0.05) is 20.3 Å². The van der Waals surface area contributed by atoms with Gasteiger partial charge in [-0.2, -0.15) is 0 Å². The predicted octanol–water partition coefficient (Wildman–Crippen LogP) is 1.50. The van der Waals surface area contributed by atoms with Crippen LogP contribution in [0.1, 0.15) is 33.1 Å². The number of rotatable bonds is 2. The van der Waals surface area contributed by atoms with Crippen LogP contribution in [0.25, 0.3) is 0 Å². The van der Waals surface area contributed by atoms with Gasteiger partial charge in [-0.3, -0.25) is 4.79 Å². The van der Waals surface area contributed by atoms with Crippen molar-refractivity contribution in [3.63, 3.8) is 0 Å². The number of likely N-dealkylation sites (tertiary alicyclic amines) is 1. The fraction of sp³-hybridized carbons (Fsp3) is 0.917. The maximum Gasteiger partial charge on any atom is 0.235 e. The molecule has 1 atom stereocenters. The van der Waals surface area contributed by atoms with E-state index in [-0.39, 0.29) is 17.1 Å². The van der Waals surface area contributed by atoms with Gasteiger partial charge in [0.2, 0.25) is 5.91 Å². The number of aliphatic hydroxyl groups is 1. The number of nitrogens with zero attached hydrogens (tertiary/aromatic N) is 1. The van der Waals surface area contributed by atoms with Crippen molar-refractivity contribution in [2.75, 3.05) is 18.8 Å². The van der Waals surface area contributed by atoms with Crippen LogP contribution >= 0.6 is 11.8 Å². The van der Waals surface area contributed by atoms with Crippen molar-refractivity contribution in [2.24, 2.45) is 5.92 Å². The van der Waals surface area contributed by atoms with Crippen molar-refractivity contribution in [1.29, 1.82) is 0 Å². The van der Waals surface area contributed by atoms with Crippen LogP contribution in [0.5, 0.6) is 0 Å². The molecule has 1 unspecified atom stereocenters. The molecule has 2 aliphatic rings. The Morgan fingerprint density at radius 2 is 2.12 bits per heavy atom. The molecule has 0 aromatic rings. The van der Waals surface area contributed by atoms with Crippen molar-refractivity contribution in [3.8, 4) is 0 Å². The normalized spacial score (nSPS) is 29.0. The Bertz CT molecular complexity index is 268. The molecule has 0 aromatic carbocycles. The van der Waals surface area contributed by atoms with Gasteiger partial charge in [0.05, 0.1) is 18.3 Å². The summed E-state index contributed by atoms with van der Waals surface area (Å²) >= 11 is 1.78. The van der Waals surface area contributed by atoms with Crippen LogP contribution in [0.4, 0.5) is 0 Å². The van der Waals surface area contributed by atoms with Crippen molar-refractivity contribution in [3.05, 3.63) is 0 Å². The molecule has 0 radical (unpaired) electrons. The molecule has 92 valence electrons. The molecule has 2 rings (SSSR count). The Hall–Kier alpha value is -0.220. The number of carbonyl (C=O) groups is 1. The highest BCUT2D eigenvalue weighted by molar-refractivity contribution is 8.00. The minimum atomic E-state index is -0.630. The molecule has 2 heterocycles. The first kappa shape index (κ1) is 12.2. The molecule has 2 saturated heterocycles. The number of thioether (sulfide) groups is 1. The quantitative estimate of drug-likeness (QED) is 0.799. The highest BCUT2D eigenvalue weighted by Gasteiger charge is 2.47. The van der Waals surface area contributed by atoms with E-state index < -0.39 is 5.60 Å². The second-order valence-electron chi connectivity index (χ2n) is 5.31. The second-order valence-corrected chi connectivity index (χ2v) is 6.62. The zero-order chi connectivity index (χ0) is 11.8. The van der Waals surface area contributed by atoms with E-state index in [2.05, 4.69) is 0 Å². The Morgan fingerprint density at radius 1 is 1.44 bits per heavy atom. The summed E-state index contributed by atoms with van der Waals surface area (Å²) in [6.45, 7) is 5.08. The molecule has 2 aliphatic heterocycles. The van der Waals surface area contributed by atoms with E-state index in [4.69, 9.17) is 0 Å². The lowest BCUT2D eigenvalue weighted by atomic mass is 9.83. The van der Waals surface area contributed by atoms with Crippen LogP contribution in [0.3, 0.4) is 0 Å². The topological polar surface area (TPSA) is 40.5 Å². The second kappa shape index (κ2) is 4.57. The van der Waals surface area contributed by atoms with E-state index in [0.29, 0.717) is 13.1 Å². The highest BCUT2D eigenvalue weighted by Crippen LogP contribution is 2.33. The van der Waals surface area contributed by atoms with Crippen LogP contribution in [0.15, 0.2) is 0 Å². The maximum atomic E-state index is 12.1. The van der Waals surface area contributed by atoms with E-state index in [1.165, 1.54) is 12.8 Å². The van der Waals surface area contributed by atoms with Crippen molar-refractivity contribution >= 4 is 17.7 Å². The smallest absolute Gasteiger partial charge is 0.235 e. The van der Waals surface area contributed by atoms with Gasteiger partial charge < -0.3 is 10.0 Å². The molecule has 4 heteroatoms. The van der Waals surface area contributed by atoms with Crippen LogP contribution in [0.2, 0.25) is 0 Å². The molecular formula is C12H21NO2S. The average molecular weight is 243 g/mol. The molecule has 16 heavy (non-hydrogen) atoms. The van der Waals surface area contributed by atoms with Crippen LogP contribution in [0, 0.1) is 5.92 Å². The summed E-state index contributed by atoms with van der Waals surface area (Å²) in [5, 5.41) is 10.3. The minimum absolute atomic E-state index is 0.158. The molecule has 2 fully saturated rings. The summed E-state index contributed by atoms with van der Waals surface area (Å²) in [7, 11) is 0. The summed E-state index contributed by atoms with van der Waals surface area (Å²) in [5.74, 6) is 1.59. The Labute approximate surface area is 102 Å².